The Morgan fingerprint density at radius 2 is 1.88 bits per heavy atom. The third-order valence-corrected chi connectivity index (χ3v) is 3.42. The standard InChI is InChI=1S/C18H24N4O3/c1-3-4-10-20-18-21-11-9-16(22-18)17(23)19-12-13-25-15-7-5-14(24-2)6-8-15/h5-9,11H,3-4,10,12-13H2,1-2H3,(H,19,23)(H,20,21,22). The van der Waals surface area contributed by atoms with Gasteiger partial charge in [-0.25, -0.2) is 9.97 Å². The summed E-state index contributed by atoms with van der Waals surface area (Å²) in [5, 5.41) is 5.88. The third-order valence-electron chi connectivity index (χ3n) is 3.42. The van der Waals surface area contributed by atoms with Gasteiger partial charge in [-0.05, 0) is 36.8 Å². The third kappa shape index (κ3) is 6.29. The lowest BCUT2D eigenvalue weighted by Gasteiger charge is -2.09. The second-order valence-corrected chi connectivity index (χ2v) is 5.33. The first-order valence-electron chi connectivity index (χ1n) is 8.35. The molecule has 1 aromatic carbocycles. The van der Waals surface area contributed by atoms with E-state index in [-0.39, 0.29) is 5.91 Å². The van der Waals surface area contributed by atoms with Crippen molar-refractivity contribution in [3.63, 3.8) is 0 Å². The van der Waals surface area contributed by atoms with Crippen LogP contribution in [0.2, 0.25) is 0 Å². The van der Waals surface area contributed by atoms with Gasteiger partial charge in [-0.1, -0.05) is 13.3 Å². The molecule has 0 aliphatic heterocycles. The molecule has 0 saturated carbocycles. The molecule has 1 amide bonds. The monoisotopic (exact) mass is 344 g/mol. The van der Waals surface area contributed by atoms with E-state index in [1.54, 1.807) is 19.4 Å². The summed E-state index contributed by atoms with van der Waals surface area (Å²) in [6, 6.07) is 8.87. The summed E-state index contributed by atoms with van der Waals surface area (Å²) in [4.78, 5) is 20.4. The minimum absolute atomic E-state index is 0.251. The number of ether oxygens (including phenoxy) is 2. The molecule has 0 aliphatic carbocycles. The van der Waals surface area contributed by atoms with Crippen LogP contribution in [0.1, 0.15) is 30.3 Å². The number of methoxy groups -OCH3 is 1. The molecule has 0 fully saturated rings. The van der Waals surface area contributed by atoms with Crippen molar-refractivity contribution in [3.8, 4) is 11.5 Å². The van der Waals surface area contributed by atoms with Crippen molar-refractivity contribution in [2.24, 2.45) is 0 Å². The van der Waals surface area contributed by atoms with Gasteiger partial charge in [0.15, 0.2) is 0 Å². The predicted molar refractivity (Wildman–Crippen MR) is 96.3 cm³/mol. The van der Waals surface area contributed by atoms with Crippen molar-refractivity contribution >= 4 is 11.9 Å². The lowest BCUT2D eigenvalue weighted by Crippen LogP contribution is -2.29. The number of unbranched alkanes of at least 4 members (excludes halogenated alkanes) is 1. The summed E-state index contributed by atoms with van der Waals surface area (Å²) < 4.78 is 10.7. The van der Waals surface area contributed by atoms with Crippen molar-refractivity contribution < 1.29 is 14.3 Å². The van der Waals surface area contributed by atoms with Crippen molar-refractivity contribution in [3.05, 3.63) is 42.2 Å². The van der Waals surface area contributed by atoms with Gasteiger partial charge < -0.3 is 20.1 Å². The molecule has 1 aromatic heterocycles. The normalized spacial score (nSPS) is 10.2. The fourth-order valence-electron chi connectivity index (χ4n) is 2.04. The lowest BCUT2D eigenvalue weighted by atomic mass is 10.3. The van der Waals surface area contributed by atoms with Gasteiger partial charge in [0.1, 0.15) is 23.8 Å². The SMILES string of the molecule is CCCCNc1nccc(C(=O)NCCOc2ccc(OC)cc2)n1. The van der Waals surface area contributed by atoms with E-state index in [1.807, 2.05) is 24.3 Å². The first-order chi connectivity index (χ1) is 12.2. The average molecular weight is 344 g/mol. The number of amides is 1. The van der Waals surface area contributed by atoms with Crippen LogP contribution in [0.3, 0.4) is 0 Å². The van der Waals surface area contributed by atoms with E-state index in [1.165, 1.54) is 0 Å². The van der Waals surface area contributed by atoms with Crippen LogP contribution in [0.15, 0.2) is 36.5 Å². The highest BCUT2D eigenvalue weighted by atomic mass is 16.5. The molecule has 0 unspecified atom stereocenters. The summed E-state index contributed by atoms with van der Waals surface area (Å²) in [5.41, 5.74) is 0.332. The molecule has 0 atom stereocenters. The number of hydrogen-bond donors (Lipinski definition) is 2. The van der Waals surface area contributed by atoms with E-state index in [0.717, 1.165) is 30.9 Å². The Balaban J connectivity index is 1.74. The molecule has 0 aliphatic rings. The van der Waals surface area contributed by atoms with Crippen molar-refractivity contribution in [1.82, 2.24) is 15.3 Å². The molecule has 1 heterocycles. The number of hydrogen-bond acceptors (Lipinski definition) is 6. The highest BCUT2D eigenvalue weighted by Gasteiger charge is 2.08. The zero-order chi connectivity index (χ0) is 17.9. The van der Waals surface area contributed by atoms with Crippen LogP contribution in [0.5, 0.6) is 11.5 Å². The molecule has 2 rings (SSSR count). The van der Waals surface area contributed by atoms with E-state index in [9.17, 15) is 4.79 Å². The van der Waals surface area contributed by atoms with Crippen LogP contribution in [0, 0.1) is 0 Å². The smallest absolute Gasteiger partial charge is 0.270 e. The maximum atomic E-state index is 12.1. The van der Waals surface area contributed by atoms with E-state index >= 15 is 0 Å². The van der Waals surface area contributed by atoms with Gasteiger partial charge in [-0.15, -0.1) is 0 Å². The maximum absolute atomic E-state index is 12.1. The number of rotatable bonds is 10. The largest absolute Gasteiger partial charge is 0.497 e. The Labute approximate surface area is 147 Å². The van der Waals surface area contributed by atoms with Crippen molar-refractivity contribution in [1.29, 1.82) is 0 Å². The van der Waals surface area contributed by atoms with Gasteiger partial charge in [-0.3, -0.25) is 4.79 Å². The molecule has 0 radical (unpaired) electrons. The van der Waals surface area contributed by atoms with Gasteiger partial charge >= 0.3 is 0 Å². The summed E-state index contributed by atoms with van der Waals surface area (Å²) in [6.07, 6.45) is 3.69. The topological polar surface area (TPSA) is 85.4 Å². The lowest BCUT2D eigenvalue weighted by molar-refractivity contribution is 0.0942. The molecule has 0 spiro atoms. The minimum Gasteiger partial charge on any atom is -0.497 e. The first kappa shape index (κ1) is 18.5. The van der Waals surface area contributed by atoms with Crippen LogP contribution < -0.4 is 20.1 Å². The predicted octanol–water partition coefficient (Wildman–Crippen LogP) is 2.51. The van der Waals surface area contributed by atoms with Crippen molar-refractivity contribution in [2.75, 3.05) is 32.1 Å². The molecular formula is C18H24N4O3. The van der Waals surface area contributed by atoms with E-state index < -0.39 is 0 Å². The van der Waals surface area contributed by atoms with Crippen molar-refractivity contribution in [2.45, 2.75) is 19.8 Å². The number of nitrogens with one attached hydrogen (secondary N) is 2. The number of aromatic nitrogens is 2. The number of carbonyl (C=O) groups excluding carboxylic acids is 1. The number of nitrogens with zero attached hydrogens (tertiary/aromatic N) is 2. The summed E-state index contributed by atoms with van der Waals surface area (Å²) >= 11 is 0. The fourth-order valence-corrected chi connectivity index (χ4v) is 2.04. The zero-order valence-electron chi connectivity index (χ0n) is 14.6. The molecule has 2 N–H and O–H groups in total. The van der Waals surface area contributed by atoms with Crippen LogP contribution in [-0.4, -0.2) is 42.7 Å². The quantitative estimate of drug-likeness (QED) is 0.644. The Morgan fingerprint density at radius 3 is 2.60 bits per heavy atom. The molecule has 0 saturated heterocycles. The Kier molecular flexibility index (Phi) is 7.49. The van der Waals surface area contributed by atoms with E-state index in [0.29, 0.717) is 24.8 Å². The number of carbonyl (C=O) groups is 1. The minimum atomic E-state index is -0.251. The summed E-state index contributed by atoms with van der Waals surface area (Å²) in [7, 11) is 1.61. The molecule has 0 bridgehead atoms. The molecule has 2 aromatic rings. The Morgan fingerprint density at radius 1 is 1.12 bits per heavy atom. The molecular weight excluding hydrogens is 320 g/mol. The van der Waals surface area contributed by atoms with E-state index in [2.05, 4.69) is 27.5 Å². The number of benzene rings is 1. The Hall–Kier alpha value is -2.83. The molecule has 7 nitrogen and oxygen atoms in total. The van der Waals surface area contributed by atoms with Crippen LogP contribution in [-0.2, 0) is 0 Å². The van der Waals surface area contributed by atoms with Gasteiger partial charge in [0, 0.05) is 12.7 Å². The maximum Gasteiger partial charge on any atom is 0.270 e. The highest BCUT2D eigenvalue weighted by molar-refractivity contribution is 5.92. The van der Waals surface area contributed by atoms with Crippen LogP contribution >= 0.6 is 0 Å². The second-order valence-electron chi connectivity index (χ2n) is 5.33. The average Bonchev–Trinajstić information content (AvgIpc) is 2.66. The van der Waals surface area contributed by atoms with Crippen LogP contribution in [0.25, 0.3) is 0 Å². The van der Waals surface area contributed by atoms with Gasteiger partial charge in [0.25, 0.3) is 5.91 Å². The fraction of sp³-hybridized carbons (Fsp3) is 0.389. The molecule has 134 valence electrons. The number of anilines is 1. The first-order valence-corrected chi connectivity index (χ1v) is 8.35. The second kappa shape index (κ2) is 10.1. The summed E-state index contributed by atoms with van der Waals surface area (Å²) in [6.45, 7) is 3.65. The van der Waals surface area contributed by atoms with Gasteiger partial charge in [-0.2, -0.15) is 0 Å². The van der Waals surface area contributed by atoms with E-state index in [4.69, 9.17) is 9.47 Å². The Bertz CT molecular complexity index is 662. The molecule has 7 heteroatoms. The zero-order valence-corrected chi connectivity index (χ0v) is 14.6. The van der Waals surface area contributed by atoms with Gasteiger partial charge in [0.05, 0.1) is 13.7 Å². The highest BCUT2D eigenvalue weighted by Crippen LogP contribution is 2.16. The van der Waals surface area contributed by atoms with Gasteiger partial charge in [0.2, 0.25) is 5.95 Å². The summed E-state index contributed by atoms with van der Waals surface area (Å²) in [5.74, 6) is 1.71. The molecule has 25 heavy (non-hydrogen) atoms. The van der Waals surface area contributed by atoms with Crippen LogP contribution in [0.4, 0.5) is 5.95 Å².